The van der Waals surface area contributed by atoms with Gasteiger partial charge in [0.1, 0.15) is 0 Å². The SMILES string of the molecule is CCCCc1ccc2[nH]cc(CCNn3cccc3)c2c1. The summed E-state index contributed by atoms with van der Waals surface area (Å²) in [6.07, 6.45) is 10.9. The standard InChI is InChI=1S/C18H23N3/c1-2-3-6-15-7-8-18-17(13-15)16(14-19-18)9-10-20-21-11-4-5-12-21/h4-5,7-8,11-14,19-20H,2-3,6,9-10H2,1H3. The third-order valence-electron chi connectivity index (χ3n) is 3.94. The van der Waals surface area contributed by atoms with E-state index in [0.29, 0.717) is 0 Å². The van der Waals surface area contributed by atoms with Crippen molar-refractivity contribution in [2.75, 3.05) is 12.0 Å². The van der Waals surface area contributed by atoms with Crippen LogP contribution in [0.2, 0.25) is 0 Å². The molecule has 3 aromatic rings. The Balaban J connectivity index is 1.69. The van der Waals surface area contributed by atoms with Gasteiger partial charge in [0.2, 0.25) is 0 Å². The van der Waals surface area contributed by atoms with E-state index in [1.165, 1.54) is 41.3 Å². The minimum Gasteiger partial charge on any atom is -0.361 e. The van der Waals surface area contributed by atoms with E-state index in [1.54, 1.807) is 0 Å². The number of nitrogens with zero attached hydrogens (tertiary/aromatic N) is 1. The van der Waals surface area contributed by atoms with E-state index in [2.05, 4.69) is 41.7 Å². The predicted octanol–water partition coefficient (Wildman–Crippen LogP) is 4.10. The van der Waals surface area contributed by atoms with Crippen molar-refractivity contribution in [3.8, 4) is 0 Å². The maximum absolute atomic E-state index is 3.38. The number of unbranched alkanes of at least 4 members (excludes halogenated alkanes) is 1. The molecule has 0 amide bonds. The predicted molar refractivity (Wildman–Crippen MR) is 89.3 cm³/mol. The van der Waals surface area contributed by atoms with Crippen LogP contribution in [0, 0.1) is 0 Å². The first-order valence-electron chi connectivity index (χ1n) is 7.82. The average molecular weight is 281 g/mol. The first kappa shape index (κ1) is 13.8. The molecule has 2 N–H and O–H groups in total. The molecule has 0 bridgehead atoms. The number of aromatic amines is 1. The molecule has 0 saturated heterocycles. The van der Waals surface area contributed by atoms with Crippen LogP contribution in [0.25, 0.3) is 10.9 Å². The monoisotopic (exact) mass is 281 g/mol. The van der Waals surface area contributed by atoms with Crippen LogP contribution in [-0.4, -0.2) is 16.2 Å². The minimum absolute atomic E-state index is 0.931. The van der Waals surface area contributed by atoms with Gasteiger partial charge in [-0.1, -0.05) is 19.4 Å². The van der Waals surface area contributed by atoms with Crippen LogP contribution in [0.1, 0.15) is 30.9 Å². The lowest BCUT2D eigenvalue weighted by atomic mass is 10.0. The molecule has 2 heterocycles. The molecule has 0 saturated carbocycles. The number of rotatable bonds is 7. The molecule has 0 aliphatic rings. The molecule has 0 spiro atoms. The van der Waals surface area contributed by atoms with Crippen molar-refractivity contribution in [3.63, 3.8) is 0 Å². The Morgan fingerprint density at radius 2 is 2.00 bits per heavy atom. The third-order valence-corrected chi connectivity index (χ3v) is 3.94. The van der Waals surface area contributed by atoms with E-state index < -0.39 is 0 Å². The molecule has 0 radical (unpaired) electrons. The number of nitrogens with one attached hydrogen (secondary N) is 2. The number of fused-ring (bicyclic) bond motifs is 1. The molecule has 3 rings (SSSR count). The number of aromatic nitrogens is 2. The molecule has 0 fully saturated rings. The van der Waals surface area contributed by atoms with Gasteiger partial charge in [0.25, 0.3) is 0 Å². The first-order chi connectivity index (χ1) is 10.4. The second-order valence-corrected chi connectivity index (χ2v) is 5.55. The second kappa shape index (κ2) is 6.53. The Morgan fingerprint density at radius 3 is 2.81 bits per heavy atom. The maximum Gasteiger partial charge on any atom is 0.0456 e. The van der Waals surface area contributed by atoms with Crippen molar-refractivity contribution >= 4 is 10.9 Å². The molecular weight excluding hydrogens is 258 g/mol. The Morgan fingerprint density at radius 1 is 1.14 bits per heavy atom. The lowest BCUT2D eigenvalue weighted by Crippen LogP contribution is -2.15. The van der Waals surface area contributed by atoms with Crippen molar-refractivity contribution in [1.29, 1.82) is 0 Å². The van der Waals surface area contributed by atoms with E-state index >= 15 is 0 Å². The number of aryl methyl sites for hydroxylation is 1. The fraction of sp³-hybridized carbons (Fsp3) is 0.333. The van der Waals surface area contributed by atoms with Gasteiger partial charge in [0.05, 0.1) is 0 Å². The van der Waals surface area contributed by atoms with E-state index in [-0.39, 0.29) is 0 Å². The van der Waals surface area contributed by atoms with Crippen LogP contribution in [-0.2, 0) is 12.8 Å². The highest BCUT2D eigenvalue weighted by Gasteiger charge is 2.04. The quantitative estimate of drug-likeness (QED) is 0.671. The van der Waals surface area contributed by atoms with Gasteiger partial charge in [0, 0.05) is 36.0 Å². The van der Waals surface area contributed by atoms with Crippen molar-refractivity contribution in [2.45, 2.75) is 32.6 Å². The summed E-state index contributed by atoms with van der Waals surface area (Å²) in [5.41, 5.74) is 7.46. The van der Waals surface area contributed by atoms with Crippen LogP contribution in [0.15, 0.2) is 48.9 Å². The number of hydrogen-bond donors (Lipinski definition) is 2. The normalized spacial score (nSPS) is 11.1. The fourth-order valence-electron chi connectivity index (χ4n) is 2.73. The summed E-state index contributed by atoms with van der Waals surface area (Å²) in [5.74, 6) is 0. The first-order valence-corrected chi connectivity index (χ1v) is 7.82. The van der Waals surface area contributed by atoms with Gasteiger partial charge in [-0.25, -0.2) is 0 Å². The third kappa shape index (κ3) is 3.30. The van der Waals surface area contributed by atoms with Gasteiger partial charge < -0.3 is 10.4 Å². The van der Waals surface area contributed by atoms with Crippen LogP contribution in [0.5, 0.6) is 0 Å². The molecule has 1 aromatic carbocycles. The van der Waals surface area contributed by atoms with Gasteiger partial charge in [0.15, 0.2) is 0 Å². The molecule has 0 aliphatic carbocycles. The van der Waals surface area contributed by atoms with Crippen LogP contribution < -0.4 is 5.43 Å². The Labute approximate surface area is 126 Å². The molecule has 0 aliphatic heterocycles. The topological polar surface area (TPSA) is 32.8 Å². The highest BCUT2D eigenvalue weighted by atomic mass is 15.4. The van der Waals surface area contributed by atoms with Crippen LogP contribution in [0.4, 0.5) is 0 Å². The zero-order valence-corrected chi connectivity index (χ0v) is 12.6. The molecule has 2 aromatic heterocycles. The van der Waals surface area contributed by atoms with Gasteiger partial charge in [-0.2, -0.15) is 0 Å². The summed E-state index contributed by atoms with van der Waals surface area (Å²) in [4.78, 5) is 3.38. The maximum atomic E-state index is 3.38. The van der Waals surface area contributed by atoms with Gasteiger partial charge >= 0.3 is 0 Å². The van der Waals surface area contributed by atoms with Crippen molar-refractivity contribution < 1.29 is 0 Å². The number of hydrogen-bond acceptors (Lipinski definition) is 1. The Bertz CT molecular complexity index is 680. The molecule has 0 atom stereocenters. The summed E-state index contributed by atoms with van der Waals surface area (Å²) in [7, 11) is 0. The highest BCUT2D eigenvalue weighted by molar-refractivity contribution is 5.83. The largest absolute Gasteiger partial charge is 0.361 e. The van der Waals surface area contributed by atoms with E-state index in [4.69, 9.17) is 0 Å². The fourth-order valence-corrected chi connectivity index (χ4v) is 2.73. The van der Waals surface area contributed by atoms with Gasteiger partial charge in [-0.05, 0) is 54.7 Å². The molecule has 21 heavy (non-hydrogen) atoms. The molecule has 0 unspecified atom stereocenters. The van der Waals surface area contributed by atoms with Gasteiger partial charge in [-0.3, -0.25) is 4.68 Å². The van der Waals surface area contributed by atoms with Crippen molar-refractivity contribution in [2.24, 2.45) is 0 Å². The smallest absolute Gasteiger partial charge is 0.0456 e. The average Bonchev–Trinajstić information content (AvgIpc) is 3.15. The van der Waals surface area contributed by atoms with E-state index in [0.717, 1.165) is 13.0 Å². The highest BCUT2D eigenvalue weighted by Crippen LogP contribution is 2.21. The summed E-state index contributed by atoms with van der Waals surface area (Å²) < 4.78 is 2.00. The molecule has 3 heteroatoms. The Kier molecular flexibility index (Phi) is 4.29. The Hall–Kier alpha value is -2.16. The second-order valence-electron chi connectivity index (χ2n) is 5.55. The molecular formula is C18H23N3. The van der Waals surface area contributed by atoms with E-state index in [9.17, 15) is 0 Å². The number of H-pyrrole nitrogens is 1. The summed E-state index contributed by atoms with van der Waals surface area (Å²) >= 11 is 0. The number of benzene rings is 1. The summed E-state index contributed by atoms with van der Waals surface area (Å²) in [5, 5.41) is 1.37. The molecule has 110 valence electrons. The zero-order valence-electron chi connectivity index (χ0n) is 12.6. The van der Waals surface area contributed by atoms with Crippen LogP contribution >= 0.6 is 0 Å². The van der Waals surface area contributed by atoms with E-state index in [1.807, 2.05) is 29.2 Å². The van der Waals surface area contributed by atoms with Gasteiger partial charge in [-0.15, -0.1) is 0 Å². The van der Waals surface area contributed by atoms with Crippen molar-refractivity contribution in [3.05, 3.63) is 60.0 Å². The zero-order chi connectivity index (χ0) is 14.5. The summed E-state index contributed by atoms with van der Waals surface area (Å²) in [6, 6.07) is 10.9. The minimum atomic E-state index is 0.931. The lowest BCUT2D eigenvalue weighted by Gasteiger charge is -2.07. The van der Waals surface area contributed by atoms with Crippen LogP contribution in [0.3, 0.4) is 0 Å². The lowest BCUT2D eigenvalue weighted by molar-refractivity contribution is 0.796. The molecule has 3 nitrogen and oxygen atoms in total. The van der Waals surface area contributed by atoms with Crippen molar-refractivity contribution in [1.82, 2.24) is 9.66 Å². The summed E-state index contributed by atoms with van der Waals surface area (Å²) in [6.45, 7) is 3.17.